The highest BCUT2D eigenvalue weighted by Crippen LogP contribution is 2.24. The zero-order valence-electron chi connectivity index (χ0n) is 16.2. The molecule has 0 spiro atoms. The molecule has 0 aliphatic rings. The highest BCUT2D eigenvalue weighted by Gasteiger charge is 2.14. The molecule has 0 saturated carbocycles. The third-order valence-corrected chi connectivity index (χ3v) is 3.52. The van der Waals surface area contributed by atoms with Crippen LogP contribution in [0.2, 0.25) is 5.28 Å². The molecular weight excluding hydrogens is 389 g/mol. The predicted octanol–water partition coefficient (Wildman–Crippen LogP) is 3.24. The molecule has 1 amide bonds. The Morgan fingerprint density at radius 3 is 2.68 bits per heavy atom. The summed E-state index contributed by atoms with van der Waals surface area (Å²) in [4.78, 5) is 25.1. The second kappa shape index (κ2) is 10.1. The first kappa shape index (κ1) is 21.8. The molecule has 0 aliphatic heterocycles. The van der Waals surface area contributed by atoms with Crippen LogP contribution in [0.3, 0.4) is 0 Å². The van der Waals surface area contributed by atoms with Crippen LogP contribution in [-0.2, 0) is 4.74 Å². The fourth-order valence-electron chi connectivity index (χ4n) is 2.08. The Hall–Kier alpha value is -2.52. The number of benzene rings is 1. The van der Waals surface area contributed by atoms with Crippen molar-refractivity contribution in [2.75, 3.05) is 39.2 Å². The Kier molecular flexibility index (Phi) is 7.89. The third kappa shape index (κ3) is 6.58. The van der Waals surface area contributed by atoms with Crippen LogP contribution < -0.4 is 10.1 Å². The van der Waals surface area contributed by atoms with Crippen molar-refractivity contribution < 1.29 is 18.7 Å². The Morgan fingerprint density at radius 2 is 2.04 bits per heavy atom. The predicted molar refractivity (Wildman–Crippen MR) is 103 cm³/mol. The van der Waals surface area contributed by atoms with Gasteiger partial charge in [-0.15, -0.1) is 0 Å². The molecule has 1 aromatic heterocycles. The standard InChI is InChI=1S/C18H23ClFN5O3/c1-11(2)10-27-8-7-21-17-22-16(19)23-18(24-17)28-14-6-5-12(9-13(14)20)15(26)25(3)4/h5-6,9,11H,7-8,10H2,1-4H3,(H,21,22,23,24). The minimum absolute atomic E-state index is 0.101. The molecule has 8 nitrogen and oxygen atoms in total. The van der Waals surface area contributed by atoms with Crippen molar-refractivity contribution in [3.63, 3.8) is 0 Å². The zero-order valence-corrected chi connectivity index (χ0v) is 17.0. The van der Waals surface area contributed by atoms with Crippen LogP contribution in [0.1, 0.15) is 24.2 Å². The van der Waals surface area contributed by atoms with E-state index in [0.29, 0.717) is 25.7 Å². The number of ether oxygens (including phenoxy) is 2. The number of amides is 1. The second-order valence-corrected chi connectivity index (χ2v) is 6.89. The Bertz CT molecular complexity index is 820. The van der Waals surface area contributed by atoms with Gasteiger partial charge in [-0.05, 0) is 35.7 Å². The molecule has 0 unspecified atom stereocenters. The summed E-state index contributed by atoms with van der Waals surface area (Å²) >= 11 is 5.88. The number of nitrogens with one attached hydrogen (secondary N) is 1. The van der Waals surface area contributed by atoms with Crippen LogP contribution in [0.25, 0.3) is 0 Å². The molecule has 2 rings (SSSR count). The summed E-state index contributed by atoms with van der Waals surface area (Å²) in [5, 5.41) is 2.84. The van der Waals surface area contributed by atoms with E-state index in [1.54, 1.807) is 14.1 Å². The molecule has 0 saturated heterocycles. The molecule has 0 bridgehead atoms. The largest absolute Gasteiger partial charge is 0.421 e. The summed E-state index contributed by atoms with van der Waals surface area (Å²) in [6, 6.07) is 3.70. The van der Waals surface area contributed by atoms with Crippen molar-refractivity contribution in [2.24, 2.45) is 5.92 Å². The molecule has 1 N–H and O–H groups in total. The van der Waals surface area contributed by atoms with Gasteiger partial charge in [-0.3, -0.25) is 4.79 Å². The fourth-order valence-corrected chi connectivity index (χ4v) is 2.24. The average molecular weight is 412 g/mol. The number of hydrogen-bond acceptors (Lipinski definition) is 7. The smallest absolute Gasteiger partial charge is 0.328 e. The first-order chi connectivity index (χ1) is 13.3. The SMILES string of the molecule is CC(C)COCCNc1nc(Cl)nc(Oc2ccc(C(=O)N(C)C)cc2F)n1. The van der Waals surface area contributed by atoms with Crippen molar-refractivity contribution in [1.82, 2.24) is 19.9 Å². The molecule has 28 heavy (non-hydrogen) atoms. The highest BCUT2D eigenvalue weighted by molar-refractivity contribution is 6.28. The number of carbonyl (C=O) groups is 1. The van der Waals surface area contributed by atoms with Crippen LogP contribution in [0.5, 0.6) is 11.8 Å². The lowest BCUT2D eigenvalue weighted by atomic mass is 10.2. The van der Waals surface area contributed by atoms with E-state index < -0.39 is 5.82 Å². The van der Waals surface area contributed by atoms with Crippen LogP contribution in [-0.4, -0.2) is 59.6 Å². The first-order valence-corrected chi connectivity index (χ1v) is 9.06. The lowest BCUT2D eigenvalue weighted by Gasteiger charge is -2.12. The van der Waals surface area contributed by atoms with Crippen LogP contribution in [0, 0.1) is 11.7 Å². The van der Waals surface area contributed by atoms with Crippen LogP contribution in [0.4, 0.5) is 10.3 Å². The molecule has 1 aromatic carbocycles. The summed E-state index contributed by atoms with van der Waals surface area (Å²) in [7, 11) is 3.17. The van der Waals surface area contributed by atoms with E-state index in [1.165, 1.54) is 17.0 Å². The van der Waals surface area contributed by atoms with E-state index >= 15 is 0 Å². The summed E-state index contributed by atoms with van der Waals surface area (Å²) in [5.41, 5.74) is 0.201. The van der Waals surface area contributed by atoms with Crippen molar-refractivity contribution in [3.8, 4) is 11.8 Å². The number of hydrogen-bond donors (Lipinski definition) is 1. The van der Waals surface area contributed by atoms with Gasteiger partial charge in [-0.2, -0.15) is 15.0 Å². The Labute approximate surface area is 168 Å². The van der Waals surface area contributed by atoms with E-state index in [1.807, 2.05) is 0 Å². The summed E-state index contributed by atoms with van der Waals surface area (Å²) in [5.74, 6) is -0.548. The van der Waals surface area contributed by atoms with Gasteiger partial charge in [0.15, 0.2) is 11.6 Å². The van der Waals surface area contributed by atoms with Crippen molar-refractivity contribution in [3.05, 3.63) is 34.9 Å². The average Bonchev–Trinajstić information content (AvgIpc) is 2.61. The van der Waals surface area contributed by atoms with Gasteiger partial charge in [0.05, 0.1) is 6.61 Å². The van der Waals surface area contributed by atoms with Gasteiger partial charge in [-0.1, -0.05) is 13.8 Å². The lowest BCUT2D eigenvalue weighted by molar-refractivity contribution is 0.0827. The number of carbonyl (C=O) groups excluding carboxylic acids is 1. The molecule has 152 valence electrons. The number of rotatable bonds is 9. The maximum atomic E-state index is 14.3. The van der Waals surface area contributed by atoms with Gasteiger partial charge in [-0.25, -0.2) is 4.39 Å². The molecule has 1 heterocycles. The van der Waals surface area contributed by atoms with Gasteiger partial charge in [0, 0.05) is 32.8 Å². The zero-order chi connectivity index (χ0) is 20.7. The summed E-state index contributed by atoms with van der Waals surface area (Å²) < 4.78 is 25.1. The van der Waals surface area contributed by atoms with Gasteiger partial charge < -0.3 is 19.7 Å². The highest BCUT2D eigenvalue weighted by atomic mass is 35.5. The molecule has 0 atom stereocenters. The van der Waals surface area contributed by atoms with E-state index in [9.17, 15) is 9.18 Å². The van der Waals surface area contributed by atoms with E-state index in [2.05, 4.69) is 34.1 Å². The molecule has 2 aromatic rings. The Morgan fingerprint density at radius 1 is 1.29 bits per heavy atom. The van der Waals surface area contributed by atoms with Crippen molar-refractivity contribution >= 4 is 23.5 Å². The summed E-state index contributed by atoms with van der Waals surface area (Å²) in [6.07, 6.45) is 0. The van der Waals surface area contributed by atoms with E-state index in [-0.39, 0.29) is 34.5 Å². The van der Waals surface area contributed by atoms with Crippen molar-refractivity contribution in [2.45, 2.75) is 13.8 Å². The van der Waals surface area contributed by atoms with Crippen LogP contribution in [0.15, 0.2) is 18.2 Å². The minimum atomic E-state index is -0.721. The topological polar surface area (TPSA) is 89.5 Å². The maximum Gasteiger partial charge on any atom is 0.328 e. The molecular formula is C18H23ClFN5O3. The number of aromatic nitrogens is 3. The monoisotopic (exact) mass is 411 g/mol. The first-order valence-electron chi connectivity index (χ1n) is 8.68. The normalized spacial score (nSPS) is 10.8. The third-order valence-electron chi connectivity index (χ3n) is 3.35. The van der Waals surface area contributed by atoms with Gasteiger partial charge >= 0.3 is 6.01 Å². The van der Waals surface area contributed by atoms with E-state index in [4.69, 9.17) is 21.1 Å². The number of nitrogens with zero attached hydrogens (tertiary/aromatic N) is 4. The number of halogens is 2. The van der Waals surface area contributed by atoms with Gasteiger partial charge in [0.25, 0.3) is 5.91 Å². The minimum Gasteiger partial charge on any atom is -0.421 e. The molecule has 0 aliphatic carbocycles. The summed E-state index contributed by atoms with van der Waals surface area (Å²) in [6.45, 7) is 5.70. The van der Waals surface area contributed by atoms with E-state index in [0.717, 1.165) is 6.07 Å². The van der Waals surface area contributed by atoms with Crippen LogP contribution >= 0.6 is 11.6 Å². The fraction of sp³-hybridized carbons (Fsp3) is 0.444. The second-order valence-electron chi connectivity index (χ2n) is 6.55. The molecule has 0 fully saturated rings. The molecule has 0 radical (unpaired) electrons. The quantitative estimate of drug-likeness (QED) is 0.633. The lowest BCUT2D eigenvalue weighted by Crippen LogP contribution is -2.21. The maximum absolute atomic E-state index is 14.3. The van der Waals surface area contributed by atoms with Gasteiger partial charge in [0.2, 0.25) is 11.2 Å². The van der Waals surface area contributed by atoms with Crippen molar-refractivity contribution in [1.29, 1.82) is 0 Å². The number of anilines is 1. The Balaban J connectivity index is 2.04. The molecule has 10 heteroatoms. The van der Waals surface area contributed by atoms with Gasteiger partial charge in [0.1, 0.15) is 0 Å².